The number of anilines is 2. The maximum Gasteiger partial charge on any atom is 0.319 e. The summed E-state index contributed by atoms with van der Waals surface area (Å²) in [5, 5.41) is 10.3. The Morgan fingerprint density at radius 2 is 1.85 bits per heavy atom. The quantitative estimate of drug-likeness (QED) is 0.725. The van der Waals surface area contributed by atoms with Crippen molar-refractivity contribution in [2.24, 2.45) is 0 Å². The van der Waals surface area contributed by atoms with Crippen molar-refractivity contribution in [1.82, 2.24) is 10.2 Å². The summed E-state index contributed by atoms with van der Waals surface area (Å²) >= 11 is 1.38. The van der Waals surface area contributed by atoms with Gasteiger partial charge >= 0.3 is 6.03 Å². The summed E-state index contributed by atoms with van der Waals surface area (Å²) in [7, 11) is 0. The van der Waals surface area contributed by atoms with Crippen LogP contribution in [0.3, 0.4) is 0 Å². The standard InChI is InChI=1S/C18H22N4O3S/c23-17(16-5-2-12-26-16)20-14-3-1-4-15(13-14)21-18(24)19-6-7-22-8-10-25-11-9-22/h1-5,12-13H,6-11H2,(H,20,23)(H2,19,21,24). The van der Waals surface area contributed by atoms with Crippen LogP contribution in [0.1, 0.15) is 9.67 Å². The number of thiophene rings is 1. The van der Waals surface area contributed by atoms with Crippen molar-refractivity contribution < 1.29 is 14.3 Å². The summed E-state index contributed by atoms with van der Waals surface area (Å²) < 4.78 is 5.30. The third-order valence-electron chi connectivity index (χ3n) is 3.94. The van der Waals surface area contributed by atoms with Gasteiger partial charge in [0.15, 0.2) is 0 Å². The molecular weight excluding hydrogens is 352 g/mol. The van der Waals surface area contributed by atoms with E-state index in [0.29, 0.717) is 22.8 Å². The number of carbonyl (C=O) groups is 2. The van der Waals surface area contributed by atoms with Crippen LogP contribution in [0.4, 0.5) is 16.2 Å². The largest absolute Gasteiger partial charge is 0.379 e. The van der Waals surface area contributed by atoms with Crippen LogP contribution in [0, 0.1) is 0 Å². The Kier molecular flexibility index (Phi) is 6.59. The highest BCUT2D eigenvalue weighted by Gasteiger charge is 2.11. The number of nitrogens with zero attached hydrogens (tertiary/aromatic N) is 1. The number of amides is 3. The van der Waals surface area contributed by atoms with Gasteiger partial charge in [0.05, 0.1) is 18.1 Å². The van der Waals surface area contributed by atoms with E-state index in [0.717, 1.165) is 32.8 Å². The summed E-state index contributed by atoms with van der Waals surface area (Å²) in [4.78, 5) is 27.0. The number of hydrogen-bond acceptors (Lipinski definition) is 5. The lowest BCUT2D eigenvalue weighted by molar-refractivity contribution is 0.0388. The highest BCUT2D eigenvalue weighted by atomic mass is 32.1. The molecule has 0 aliphatic carbocycles. The van der Waals surface area contributed by atoms with Gasteiger partial charge in [-0.3, -0.25) is 9.69 Å². The van der Waals surface area contributed by atoms with Gasteiger partial charge < -0.3 is 20.7 Å². The number of morpholine rings is 1. The SMILES string of the molecule is O=C(NCCN1CCOCC1)Nc1cccc(NC(=O)c2cccs2)c1. The Labute approximate surface area is 156 Å². The van der Waals surface area contributed by atoms with Crippen LogP contribution in [-0.4, -0.2) is 56.2 Å². The molecule has 1 fully saturated rings. The molecule has 1 aromatic carbocycles. The maximum atomic E-state index is 12.1. The zero-order valence-electron chi connectivity index (χ0n) is 14.4. The van der Waals surface area contributed by atoms with E-state index in [1.807, 2.05) is 11.4 Å². The van der Waals surface area contributed by atoms with Crippen molar-refractivity contribution in [2.75, 3.05) is 50.0 Å². The van der Waals surface area contributed by atoms with E-state index in [1.54, 1.807) is 30.3 Å². The molecule has 0 unspecified atom stereocenters. The van der Waals surface area contributed by atoms with Crippen LogP contribution < -0.4 is 16.0 Å². The van der Waals surface area contributed by atoms with Gasteiger partial charge in [0.2, 0.25) is 0 Å². The van der Waals surface area contributed by atoms with Crippen molar-refractivity contribution in [2.45, 2.75) is 0 Å². The lowest BCUT2D eigenvalue weighted by Crippen LogP contribution is -2.42. The van der Waals surface area contributed by atoms with Crippen LogP contribution in [-0.2, 0) is 4.74 Å². The average Bonchev–Trinajstić information content (AvgIpc) is 3.18. The molecule has 3 amide bonds. The summed E-state index contributed by atoms with van der Waals surface area (Å²) in [6.07, 6.45) is 0. The fourth-order valence-electron chi connectivity index (χ4n) is 2.60. The van der Waals surface area contributed by atoms with E-state index in [2.05, 4.69) is 20.9 Å². The fraction of sp³-hybridized carbons (Fsp3) is 0.333. The molecule has 138 valence electrons. The Morgan fingerprint density at radius 3 is 2.58 bits per heavy atom. The van der Waals surface area contributed by atoms with Crippen LogP contribution in [0.15, 0.2) is 41.8 Å². The van der Waals surface area contributed by atoms with E-state index >= 15 is 0 Å². The molecule has 0 spiro atoms. The highest BCUT2D eigenvalue weighted by Crippen LogP contribution is 2.17. The summed E-state index contributed by atoms with van der Waals surface area (Å²) in [5.74, 6) is -0.160. The smallest absolute Gasteiger partial charge is 0.319 e. The average molecular weight is 374 g/mol. The molecular formula is C18H22N4O3S. The first kappa shape index (κ1) is 18.4. The van der Waals surface area contributed by atoms with Crippen LogP contribution in [0.2, 0.25) is 0 Å². The molecule has 0 radical (unpaired) electrons. The number of hydrogen-bond donors (Lipinski definition) is 3. The fourth-order valence-corrected chi connectivity index (χ4v) is 3.22. The van der Waals surface area contributed by atoms with Gasteiger partial charge in [-0.2, -0.15) is 0 Å². The number of nitrogens with one attached hydrogen (secondary N) is 3. The Balaban J connectivity index is 1.45. The third-order valence-corrected chi connectivity index (χ3v) is 4.81. The lowest BCUT2D eigenvalue weighted by Gasteiger charge is -2.26. The van der Waals surface area contributed by atoms with Gasteiger partial charge in [-0.25, -0.2) is 4.79 Å². The first-order chi connectivity index (χ1) is 12.7. The minimum absolute atomic E-state index is 0.160. The summed E-state index contributed by atoms with van der Waals surface area (Å²) in [6, 6.07) is 10.4. The topological polar surface area (TPSA) is 82.7 Å². The number of ether oxygens (including phenoxy) is 1. The van der Waals surface area contributed by atoms with E-state index in [1.165, 1.54) is 11.3 Å². The van der Waals surface area contributed by atoms with E-state index < -0.39 is 0 Å². The third kappa shape index (κ3) is 5.55. The molecule has 1 aliphatic rings. The van der Waals surface area contributed by atoms with Crippen molar-refractivity contribution in [1.29, 1.82) is 0 Å². The molecule has 0 bridgehead atoms. The van der Waals surface area contributed by atoms with Gasteiger partial charge in [-0.15, -0.1) is 11.3 Å². The zero-order valence-corrected chi connectivity index (χ0v) is 15.2. The summed E-state index contributed by atoms with van der Waals surface area (Å²) in [6.45, 7) is 4.66. The van der Waals surface area contributed by atoms with Crippen LogP contribution in [0.25, 0.3) is 0 Å². The second-order valence-corrected chi connectivity index (χ2v) is 6.79. The predicted octanol–water partition coefficient (Wildman–Crippen LogP) is 2.45. The van der Waals surface area contributed by atoms with Crippen molar-refractivity contribution in [3.05, 3.63) is 46.7 Å². The molecule has 2 aromatic rings. The Bertz CT molecular complexity index is 730. The second kappa shape index (κ2) is 9.33. The molecule has 7 nitrogen and oxygen atoms in total. The number of benzene rings is 1. The molecule has 1 aliphatic heterocycles. The van der Waals surface area contributed by atoms with E-state index in [4.69, 9.17) is 4.74 Å². The van der Waals surface area contributed by atoms with Gasteiger partial charge in [0, 0.05) is 37.6 Å². The number of carbonyl (C=O) groups excluding carboxylic acids is 2. The van der Waals surface area contributed by atoms with Gasteiger partial charge in [0.25, 0.3) is 5.91 Å². The number of rotatable bonds is 6. The molecule has 2 heterocycles. The zero-order chi connectivity index (χ0) is 18.2. The Morgan fingerprint density at radius 1 is 1.08 bits per heavy atom. The van der Waals surface area contributed by atoms with Crippen molar-refractivity contribution in [3.63, 3.8) is 0 Å². The van der Waals surface area contributed by atoms with E-state index in [-0.39, 0.29) is 11.9 Å². The molecule has 3 N–H and O–H groups in total. The molecule has 8 heteroatoms. The van der Waals surface area contributed by atoms with Crippen LogP contribution >= 0.6 is 11.3 Å². The van der Waals surface area contributed by atoms with Crippen LogP contribution in [0.5, 0.6) is 0 Å². The van der Waals surface area contributed by atoms with E-state index in [9.17, 15) is 9.59 Å². The first-order valence-electron chi connectivity index (χ1n) is 8.50. The molecule has 1 aromatic heterocycles. The Hall–Kier alpha value is -2.42. The molecule has 1 saturated heterocycles. The minimum Gasteiger partial charge on any atom is -0.379 e. The monoisotopic (exact) mass is 374 g/mol. The van der Waals surface area contributed by atoms with Gasteiger partial charge in [-0.1, -0.05) is 12.1 Å². The van der Waals surface area contributed by atoms with Crippen molar-refractivity contribution in [3.8, 4) is 0 Å². The molecule has 0 atom stereocenters. The summed E-state index contributed by atoms with van der Waals surface area (Å²) in [5.41, 5.74) is 1.26. The first-order valence-corrected chi connectivity index (χ1v) is 9.38. The highest BCUT2D eigenvalue weighted by molar-refractivity contribution is 7.12. The maximum absolute atomic E-state index is 12.1. The number of urea groups is 1. The molecule has 3 rings (SSSR count). The van der Waals surface area contributed by atoms with Gasteiger partial charge in [0.1, 0.15) is 0 Å². The normalized spacial score (nSPS) is 14.6. The van der Waals surface area contributed by atoms with Gasteiger partial charge in [-0.05, 0) is 29.6 Å². The predicted molar refractivity (Wildman–Crippen MR) is 103 cm³/mol. The molecule has 0 saturated carbocycles. The second-order valence-electron chi connectivity index (χ2n) is 5.85. The molecule has 26 heavy (non-hydrogen) atoms. The van der Waals surface area contributed by atoms with Crippen molar-refractivity contribution >= 4 is 34.6 Å². The lowest BCUT2D eigenvalue weighted by atomic mass is 10.2. The minimum atomic E-state index is -0.264.